The van der Waals surface area contributed by atoms with Gasteiger partial charge in [-0.1, -0.05) is 12.1 Å². The summed E-state index contributed by atoms with van der Waals surface area (Å²) in [7, 11) is 2.51. The Morgan fingerprint density at radius 3 is 2.47 bits per heavy atom. The van der Waals surface area contributed by atoms with Crippen molar-refractivity contribution in [1.82, 2.24) is 4.98 Å². The minimum absolute atomic E-state index is 0.809. The number of aromatic amines is 1. The third-order valence-corrected chi connectivity index (χ3v) is 6.24. The molecular weight excluding hydrogens is 260 g/mol. The van der Waals surface area contributed by atoms with Crippen LogP contribution in [0.1, 0.15) is 6.42 Å². The molecule has 0 unspecified atom stereocenters. The molecule has 0 saturated heterocycles. The minimum Gasteiger partial charge on any atom is -0.377 e. The lowest BCUT2D eigenvalue weighted by molar-refractivity contribution is -0.671. The normalized spacial score (nSPS) is 12.2. The predicted molar refractivity (Wildman–Crippen MR) is 74.7 cm³/mol. The lowest BCUT2D eigenvalue weighted by Crippen LogP contribution is -2.43. The number of hydrogen-bond acceptors (Lipinski definition) is 3. The number of hydrogen-bond donors (Lipinski definition) is 1. The number of aryl methyl sites for hydroxylation is 1. The first kappa shape index (κ1) is 14.2. The van der Waals surface area contributed by atoms with Gasteiger partial charge >= 0.3 is 8.80 Å². The second-order valence-electron chi connectivity index (χ2n) is 4.38. The van der Waals surface area contributed by atoms with E-state index in [0.29, 0.717) is 0 Å². The van der Waals surface area contributed by atoms with Crippen molar-refractivity contribution in [3.05, 3.63) is 30.6 Å². The Labute approximate surface area is 114 Å². The molecule has 0 spiro atoms. The molecule has 1 aromatic carbocycles. The van der Waals surface area contributed by atoms with Crippen LogP contribution in [0.4, 0.5) is 0 Å². The van der Waals surface area contributed by atoms with Crippen molar-refractivity contribution in [1.29, 1.82) is 0 Å². The lowest BCUT2D eigenvalue weighted by atomic mass is 10.3. The fourth-order valence-corrected chi connectivity index (χ4v) is 3.97. The van der Waals surface area contributed by atoms with Crippen LogP contribution in [0.3, 0.4) is 0 Å². The first-order valence-electron chi connectivity index (χ1n) is 6.35. The average molecular weight is 281 g/mol. The fraction of sp³-hybridized carbons (Fsp3) is 0.462. The van der Waals surface area contributed by atoms with Gasteiger partial charge in [-0.2, -0.15) is 0 Å². The van der Waals surface area contributed by atoms with E-state index < -0.39 is 8.80 Å². The van der Waals surface area contributed by atoms with Crippen LogP contribution in [0.15, 0.2) is 30.6 Å². The molecule has 0 atom stereocenters. The molecule has 5 nitrogen and oxygen atoms in total. The topological polar surface area (TPSA) is 47.4 Å². The number of fused-ring (bicyclic) bond motifs is 1. The first-order chi connectivity index (χ1) is 9.24. The van der Waals surface area contributed by atoms with Gasteiger partial charge in [0.15, 0.2) is 11.0 Å². The van der Waals surface area contributed by atoms with Gasteiger partial charge < -0.3 is 13.3 Å². The van der Waals surface area contributed by atoms with Gasteiger partial charge in [-0.05, 0) is 18.6 Å². The molecule has 6 heteroatoms. The molecule has 104 valence electrons. The second-order valence-corrected chi connectivity index (χ2v) is 7.47. The zero-order valence-corrected chi connectivity index (χ0v) is 12.7. The van der Waals surface area contributed by atoms with E-state index in [-0.39, 0.29) is 0 Å². The minimum atomic E-state index is -2.44. The molecule has 0 aliphatic rings. The summed E-state index contributed by atoms with van der Waals surface area (Å²) >= 11 is 0. The van der Waals surface area contributed by atoms with E-state index in [1.165, 1.54) is 5.52 Å². The van der Waals surface area contributed by atoms with Gasteiger partial charge in [0.25, 0.3) is 0 Å². The van der Waals surface area contributed by atoms with Gasteiger partial charge in [0, 0.05) is 27.4 Å². The second kappa shape index (κ2) is 6.29. The molecule has 19 heavy (non-hydrogen) atoms. The maximum absolute atomic E-state index is 5.42. The van der Waals surface area contributed by atoms with E-state index in [1.807, 2.05) is 18.5 Å². The summed E-state index contributed by atoms with van der Waals surface area (Å²) < 4.78 is 18.5. The fourth-order valence-electron chi connectivity index (χ4n) is 2.27. The maximum Gasteiger partial charge on any atom is 0.500 e. The Morgan fingerprint density at radius 2 is 1.79 bits per heavy atom. The van der Waals surface area contributed by atoms with Gasteiger partial charge in [-0.3, -0.25) is 0 Å². The van der Waals surface area contributed by atoms with E-state index in [0.717, 1.165) is 24.5 Å². The number of nitrogens with zero attached hydrogens (tertiary/aromatic N) is 1. The highest BCUT2D eigenvalue weighted by Crippen LogP contribution is 2.15. The number of aromatic nitrogens is 2. The summed E-state index contributed by atoms with van der Waals surface area (Å²) in [6.07, 6.45) is 2.95. The van der Waals surface area contributed by atoms with Crippen LogP contribution in [0.25, 0.3) is 11.0 Å². The lowest BCUT2D eigenvalue weighted by Gasteiger charge is -2.23. The van der Waals surface area contributed by atoms with Crippen LogP contribution in [-0.2, 0) is 19.8 Å². The van der Waals surface area contributed by atoms with E-state index in [2.05, 4.69) is 21.7 Å². The molecular formula is C13H21N2O3Si+. The summed E-state index contributed by atoms with van der Waals surface area (Å²) in [5, 5.41) is 0. The summed E-state index contributed by atoms with van der Waals surface area (Å²) in [6.45, 7) is 0.912. The summed E-state index contributed by atoms with van der Waals surface area (Å²) in [6, 6.07) is 9.07. The van der Waals surface area contributed by atoms with Gasteiger partial charge in [-0.15, -0.1) is 0 Å². The number of para-hydroxylation sites is 2. The van der Waals surface area contributed by atoms with E-state index in [4.69, 9.17) is 13.3 Å². The number of imidazole rings is 1. The summed E-state index contributed by atoms with van der Waals surface area (Å²) in [5.41, 5.74) is 2.36. The van der Waals surface area contributed by atoms with Crippen molar-refractivity contribution >= 4 is 19.8 Å². The Kier molecular flexibility index (Phi) is 4.70. The zero-order valence-electron chi connectivity index (χ0n) is 11.7. The molecule has 0 fully saturated rings. The van der Waals surface area contributed by atoms with Gasteiger partial charge in [0.2, 0.25) is 6.33 Å². The van der Waals surface area contributed by atoms with Gasteiger partial charge in [0.1, 0.15) is 0 Å². The Hall–Kier alpha value is -1.21. The SMILES string of the molecule is CO[Si](CCC[n+]1c[nH]c2ccccc21)(OC)OC. The van der Waals surface area contributed by atoms with Crippen LogP contribution in [0.5, 0.6) is 0 Å². The van der Waals surface area contributed by atoms with Crippen LogP contribution in [0, 0.1) is 0 Å². The molecule has 2 rings (SSSR count). The van der Waals surface area contributed by atoms with Crippen molar-refractivity contribution in [3.63, 3.8) is 0 Å². The Balaban J connectivity index is 1.99. The standard InChI is InChI=1S/C13H20N2O3Si/c1-16-19(17-2,18-3)10-6-9-15-11-14-12-7-4-5-8-13(12)15/h4-5,7-8,11H,6,9-10H2,1-3H3/p+1. The third kappa shape index (κ3) is 3.03. The number of H-pyrrole nitrogens is 1. The quantitative estimate of drug-likeness (QED) is 0.621. The summed E-state index contributed by atoms with van der Waals surface area (Å²) in [4.78, 5) is 3.26. The molecule has 1 N–H and O–H groups in total. The molecule has 1 heterocycles. The third-order valence-electron chi connectivity index (χ3n) is 3.40. The Morgan fingerprint density at radius 1 is 1.11 bits per heavy atom. The average Bonchev–Trinajstić information content (AvgIpc) is 2.88. The van der Waals surface area contributed by atoms with E-state index >= 15 is 0 Å². The van der Waals surface area contributed by atoms with E-state index in [9.17, 15) is 0 Å². The van der Waals surface area contributed by atoms with Crippen LogP contribution >= 0.6 is 0 Å². The highest BCUT2D eigenvalue weighted by molar-refractivity contribution is 6.60. The molecule has 0 amide bonds. The van der Waals surface area contributed by atoms with Gasteiger partial charge in [0.05, 0.1) is 6.54 Å². The molecule has 1 aromatic heterocycles. The van der Waals surface area contributed by atoms with E-state index in [1.54, 1.807) is 21.3 Å². The van der Waals surface area contributed by atoms with Crippen molar-refractivity contribution in [3.8, 4) is 0 Å². The van der Waals surface area contributed by atoms with Crippen LogP contribution in [0.2, 0.25) is 6.04 Å². The largest absolute Gasteiger partial charge is 0.500 e. The van der Waals surface area contributed by atoms with Crippen LogP contribution in [-0.4, -0.2) is 35.1 Å². The predicted octanol–water partition coefficient (Wildman–Crippen LogP) is 1.72. The van der Waals surface area contributed by atoms with Gasteiger partial charge in [-0.25, -0.2) is 9.55 Å². The zero-order chi connectivity index (χ0) is 13.7. The molecule has 0 aliphatic carbocycles. The van der Waals surface area contributed by atoms with Crippen LogP contribution < -0.4 is 4.57 Å². The number of nitrogens with one attached hydrogen (secondary N) is 1. The maximum atomic E-state index is 5.42. The number of benzene rings is 1. The number of rotatable bonds is 7. The van der Waals surface area contributed by atoms with Crippen molar-refractivity contribution < 1.29 is 17.8 Å². The molecule has 0 saturated carbocycles. The first-order valence-corrected chi connectivity index (χ1v) is 8.29. The molecule has 0 aliphatic heterocycles. The Bertz CT molecular complexity index is 517. The molecule has 0 radical (unpaired) electrons. The summed E-state index contributed by atoms with van der Waals surface area (Å²) in [5.74, 6) is 0. The van der Waals surface area contributed by atoms with Crippen molar-refractivity contribution in [2.45, 2.75) is 19.0 Å². The highest BCUT2D eigenvalue weighted by Gasteiger charge is 2.37. The highest BCUT2D eigenvalue weighted by atomic mass is 28.4. The molecule has 0 bridgehead atoms. The van der Waals surface area contributed by atoms with Crippen molar-refractivity contribution in [2.24, 2.45) is 0 Å². The van der Waals surface area contributed by atoms with Crippen molar-refractivity contribution in [2.75, 3.05) is 21.3 Å². The smallest absolute Gasteiger partial charge is 0.377 e. The molecule has 2 aromatic rings. The monoisotopic (exact) mass is 281 g/mol.